The molecule has 0 saturated carbocycles. The van der Waals surface area contributed by atoms with Gasteiger partial charge in [0.25, 0.3) is 17.7 Å². The first-order chi connectivity index (χ1) is 13.0. The number of carbonyl (C=O) groups is 3. The number of benzene rings is 1. The Morgan fingerprint density at radius 2 is 1.36 bits per heavy atom. The van der Waals surface area contributed by atoms with Gasteiger partial charge in [0.1, 0.15) is 0 Å². The molecule has 1 aromatic carbocycles. The summed E-state index contributed by atoms with van der Waals surface area (Å²) in [6.07, 6.45) is -5.43. The summed E-state index contributed by atoms with van der Waals surface area (Å²) in [6, 6.07) is 0. The summed E-state index contributed by atoms with van der Waals surface area (Å²) >= 11 is 5.35. The molecule has 14 heteroatoms. The summed E-state index contributed by atoms with van der Waals surface area (Å²) in [7, 11) is 0. The highest BCUT2D eigenvalue weighted by Gasteiger charge is 2.30. The van der Waals surface area contributed by atoms with Crippen molar-refractivity contribution >= 4 is 96.9 Å². The number of halogens is 3. The first-order valence-electron chi connectivity index (χ1n) is 7.35. The zero-order chi connectivity index (χ0) is 21.8. The molecular formula is C14H16I3N3O8. The number of amides is 3. The lowest BCUT2D eigenvalue weighted by atomic mass is 10.1. The fraction of sp³-hybridized carbons (Fsp3) is 0.357. The SMILES string of the molecule is Nc1c(I)c(NC(=O)C(O)CO)c(I)c(C(O)C(=O)NC(=O)C(O)CO)c1I. The van der Waals surface area contributed by atoms with Crippen LogP contribution in [0.15, 0.2) is 0 Å². The molecule has 11 nitrogen and oxygen atoms in total. The lowest BCUT2D eigenvalue weighted by Crippen LogP contribution is -2.42. The van der Waals surface area contributed by atoms with Crippen LogP contribution in [0.25, 0.3) is 0 Å². The molecule has 3 atom stereocenters. The van der Waals surface area contributed by atoms with Crippen molar-refractivity contribution < 1.29 is 39.9 Å². The molecule has 156 valence electrons. The Hall–Kier alpha value is -0.380. The van der Waals surface area contributed by atoms with Gasteiger partial charge in [0.15, 0.2) is 18.3 Å². The second kappa shape index (κ2) is 11.1. The van der Waals surface area contributed by atoms with E-state index < -0.39 is 49.2 Å². The Morgan fingerprint density at radius 3 is 1.86 bits per heavy atom. The van der Waals surface area contributed by atoms with Crippen molar-refractivity contribution in [1.29, 1.82) is 0 Å². The molecule has 3 amide bonds. The maximum Gasteiger partial charge on any atom is 0.260 e. The van der Waals surface area contributed by atoms with Gasteiger partial charge < -0.3 is 36.6 Å². The first-order valence-corrected chi connectivity index (χ1v) is 10.6. The van der Waals surface area contributed by atoms with Gasteiger partial charge in [-0.15, -0.1) is 0 Å². The normalized spacial score (nSPS) is 14.1. The van der Waals surface area contributed by atoms with Crippen LogP contribution in [0.1, 0.15) is 11.7 Å². The summed E-state index contributed by atoms with van der Waals surface area (Å²) in [5, 5.41) is 50.8. The van der Waals surface area contributed by atoms with Crippen molar-refractivity contribution in [3.8, 4) is 0 Å². The fourth-order valence-electron chi connectivity index (χ4n) is 1.83. The summed E-state index contributed by atoms with van der Waals surface area (Å²) in [5.41, 5.74) is 6.19. The van der Waals surface area contributed by atoms with Gasteiger partial charge in [0.2, 0.25) is 0 Å². The molecule has 3 unspecified atom stereocenters. The van der Waals surface area contributed by atoms with E-state index in [1.54, 1.807) is 50.5 Å². The fourth-order valence-corrected chi connectivity index (χ4v) is 5.86. The lowest BCUT2D eigenvalue weighted by Gasteiger charge is -2.21. The number of anilines is 2. The van der Waals surface area contributed by atoms with Gasteiger partial charge in [-0.3, -0.25) is 19.7 Å². The van der Waals surface area contributed by atoms with Crippen LogP contribution in [-0.2, 0) is 14.4 Å². The van der Waals surface area contributed by atoms with Crippen LogP contribution >= 0.6 is 67.8 Å². The van der Waals surface area contributed by atoms with E-state index in [9.17, 15) is 29.7 Å². The topological polar surface area (TPSA) is 202 Å². The number of hydrogen-bond acceptors (Lipinski definition) is 9. The Bertz CT molecular complexity index is 792. The third-order valence-corrected chi connectivity index (χ3v) is 6.76. The van der Waals surface area contributed by atoms with Crippen molar-refractivity contribution in [1.82, 2.24) is 5.32 Å². The number of imide groups is 1. The molecule has 0 radical (unpaired) electrons. The van der Waals surface area contributed by atoms with E-state index in [0.29, 0.717) is 3.57 Å². The number of carbonyl (C=O) groups excluding carboxylic acids is 3. The number of aliphatic hydroxyl groups is 5. The summed E-state index contributed by atoms with van der Waals surface area (Å²) in [4.78, 5) is 35.6. The molecule has 0 aliphatic carbocycles. The molecule has 1 rings (SSSR count). The summed E-state index contributed by atoms with van der Waals surface area (Å²) < 4.78 is 0.856. The zero-order valence-electron chi connectivity index (χ0n) is 13.8. The van der Waals surface area contributed by atoms with E-state index in [-0.39, 0.29) is 24.1 Å². The molecule has 0 aromatic heterocycles. The second-order valence-corrected chi connectivity index (χ2v) is 8.52. The molecule has 0 aliphatic heterocycles. The second-order valence-electron chi connectivity index (χ2n) is 5.29. The third-order valence-electron chi connectivity index (χ3n) is 3.35. The Labute approximate surface area is 199 Å². The van der Waals surface area contributed by atoms with Crippen LogP contribution in [0.2, 0.25) is 0 Å². The van der Waals surface area contributed by atoms with Gasteiger partial charge >= 0.3 is 0 Å². The molecule has 28 heavy (non-hydrogen) atoms. The maximum atomic E-state index is 12.2. The highest BCUT2D eigenvalue weighted by molar-refractivity contribution is 14.1. The van der Waals surface area contributed by atoms with Gasteiger partial charge in [0.05, 0.1) is 28.2 Å². The van der Waals surface area contributed by atoms with Gasteiger partial charge in [0, 0.05) is 12.7 Å². The Morgan fingerprint density at radius 1 is 0.857 bits per heavy atom. The van der Waals surface area contributed by atoms with Crippen molar-refractivity contribution in [3.05, 3.63) is 16.3 Å². The average Bonchev–Trinajstić information content (AvgIpc) is 2.67. The van der Waals surface area contributed by atoms with Gasteiger partial charge in [-0.05, 0) is 67.8 Å². The number of hydrogen-bond donors (Lipinski definition) is 8. The molecule has 0 aliphatic rings. The van der Waals surface area contributed by atoms with Crippen LogP contribution in [0.4, 0.5) is 11.4 Å². The first kappa shape index (κ1) is 25.7. The minimum atomic E-state index is -1.90. The highest BCUT2D eigenvalue weighted by Crippen LogP contribution is 2.40. The van der Waals surface area contributed by atoms with E-state index in [2.05, 4.69) is 5.32 Å². The number of nitrogens with one attached hydrogen (secondary N) is 2. The van der Waals surface area contributed by atoms with Crippen molar-refractivity contribution in [2.45, 2.75) is 18.3 Å². The van der Waals surface area contributed by atoms with Crippen LogP contribution in [0.5, 0.6) is 0 Å². The predicted molar refractivity (Wildman–Crippen MR) is 122 cm³/mol. The monoisotopic (exact) mass is 735 g/mol. The zero-order valence-corrected chi connectivity index (χ0v) is 20.3. The molecule has 0 saturated heterocycles. The smallest absolute Gasteiger partial charge is 0.260 e. The van der Waals surface area contributed by atoms with Crippen molar-refractivity contribution in [3.63, 3.8) is 0 Å². The standard InChI is InChI=1S/C14H16I3N3O8/c15-6-5(11(25)14(28)20-13(27)4(24)2-22)7(16)10(8(17)9(6)18)19-12(26)3(23)1-21/h3-4,11,21-25H,1-2,18H2,(H,19,26)(H,20,27,28). The minimum Gasteiger partial charge on any atom is -0.397 e. The van der Waals surface area contributed by atoms with E-state index in [4.69, 9.17) is 15.9 Å². The quantitative estimate of drug-likeness (QED) is 0.120. The van der Waals surface area contributed by atoms with E-state index in [1.165, 1.54) is 0 Å². The summed E-state index contributed by atoms with van der Waals surface area (Å²) in [6.45, 7) is -1.73. The lowest BCUT2D eigenvalue weighted by molar-refractivity contribution is -0.141. The molecule has 0 bridgehead atoms. The van der Waals surface area contributed by atoms with E-state index in [0.717, 1.165) is 0 Å². The molecule has 9 N–H and O–H groups in total. The van der Waals surface area contributed by atoms with E-state index in [1.807, 2.05) is 22.6 Å². The Balaban J connectivity index is 3.33. The molecule has 1 aromatic rings. The van der Waals surface area contributed by atoms with Crippen LogP contribution in [-0.4, -0.2) is 68.7 Å². The molecule has 0 spiro atoms. The van der Waals surface area contributed by atoms with Crippen molar-refractivity contribution in [2.75, 3.05) is 24.3 Å². The van der Waals surface area contributed by atoms with Crippen molar-refractivity contribution in [2.24, 2.45) is 0 Å². The minimum absolute atomic E-state index is 0.0170. The van der Waals surface area contributed by atoms with Gasteiger partial charge in [-0.25, -0.2) is 0 Å². The largest absolute Gasteiger partial charge is 0.397 e. The highest BCUT2D eigenvalue weighted by atomic mass is 127. The van der Waals surface area contributed by atoms with Crippen LogP contribution in [0, 0.1) is 10.7 Å². The Kier molecular flexibility index (Phi) is 10.2. The number of nitrogen functional groups attached to an aromatic ring is 1. The average molecular weight is 735 g/mol. The maximum absolute atomic E-state index is 12.2. The number of rotatable bonds is 7. The van der Waals surface area contributed by atoms with Gasteiger partial charge in [-0.2, -0.15) is 0 Å². The number of aliphatic hydroxyl groups excluding tert-OH is 5. The van der Waals surface area contributed by atoms with Crippen LogP contribution in [0.3, 0.4) is 0 Å². The third kappa shape index (κ3) is 5.83. The van der Waals surface area contributed by atoms with E-state index >= 15 is 0 Å². The molecule has 0 heterocycles. The molecular weight excluding hydrogens is 719 g/mol. The molecule has 0 fully saturated rings. The summed E-state index contributed by atoms with van der Waals surface area (Å²) in [5.74, 6) is -3.30. The van der Waals surface area contributed by atoms with Gasteiger partial charge in [-0.1, -0.05) is 0 Å². The number of nitrogens with two attached hydrogens (primary N) is 1. The van der Waals surface area contributed by atoms with Crippen LogP contribution < -0.4 is 16.4 Å². The predicted octanol–water partition coefficient (Wildman–Crippen LogP) is -1.60.